The molecule has 0 bridgehead atoms. The van der Waals surface area contributed by atoms with Crippen LogP contribution in [0.3, 0.4) is 0 Å². The molecule has 2 heterocycles. The molecular formula is C15H9Cl2N3OS. The first-order valence-electron chi connectivity index (χ1n) is 6.23. The fourth-order valence-corrected chi connectivity index (χ4v) is 3.68. The molecule has 0 aliphatic rings. The van der Waals surface area contributed by atoms with Crippen LogP contribution in [-0.2, 0) is 7.05 Å². The summed E-state index contributed by atoms with van der Waals surface area (Å²) in [6, 6.07) is 11.0. The lowest BCUT2D eigenvalue weighted by Crippen LogP contribution is -1.99. The number of thiophene rings is 1. The molecule has 0 saturated heterocycles. The Morgan fingerprint density at radius 2 is 2.09 bits per heavy atom. The van der Waals surface area contributed by atoms with Crippen LogP contribution in [0.1, 0.15) is 11.4 Å². The van der Waals surface area contributed by atoms with Crippen LogP contribution in [0.4, 0.5) is 0 Å². The first-order chi connectivity index (χ1) is 10.5. The number of hydrogen-bond donors (Lipinski definition) is 1. The molecule has 0 aliphatic heterocycles. The van der Waals surface area contributed by atoms with E-state index in [-0.39, 0.29) is 11.3 Å². The van der Waals surface area contributed by atoms with Crippen LogP contribution in [-0.4, -0.2) is 14.7 Å². The maximum Gasteiger partial charge on any atom is 0.155 e. The number of allylic oxidation sites excluding steroid dienone is 1. The third-order valence-corrected chi connectivity index (χ3v) is 4.76. The third kappa shape index (κ3) is 2.35. The third-order valence-electron chi connectivity index (χ3n) is 3.27. The number of imidazole rings is 1. The zero-order chi connectivity index (χ0) is 15.9. The van der Waals surface area contributed by atoms with Gasteiger partial charge in [-0.05, 0) is 18.2 Å². The van der Waals surface area contributed by atoms with E-state index in [9.17, 15) is 10.4 Å². The van der Waals surface area contributed by atoms with Gasteiger partial charge in [0.25, 0.3) is 0 Å². The van der Waals surface area contributed by atoms with Gasteiger partial charge in [-0.15, -0.1) is 11.3 Å². The molecule has 1 N–H and O–H groups in total. The molecule has 0 fully saturated rings. The largest absolute Gasteiger partial charge is 0.506 e. The summed E-state index contributed by atoms with van der Waals surface area (Å²) in [5, 5.41) is 19.9. The summed E-state index contributed by atoms with van der Waals surface area (Å²) in [6.07, 6.45) is 0. The lowest BCUT2D eigenvalue weighted by molar-refractivity contribution is 0.514. The second-order valence-electron chi connectivity index (χ2n) is 4.56. The molecule has 0 radical (unpaired) electrons. The molecule has 0 saturated carbocycles. The maximum atomic E-state index is 10.4. The van der Waals surface area contributed by atoms with E-state index in [4.69, 9.17) is 23.2 Å². The Hall–Kier alpha value is -2.00. The highest BCUT2D eigenvalue weighted by molar-refractivity contribution is 7.20. The summed E-state index contributed by atoms with van der Waals surface area (Å²) in [7, 11) is 1.79. The minimum Gasteiger partial charge on any atom is -0.506 e. The molecule has 0 amide bonds. The Morgan fingerprint density at radius 3 is 2.68 bits per heavy atom. The van der Waals surface area contributed by atoms with Crippen molar-refractivity contribution in [2.24, 2.45) is 7.05 Å². The molecule has 0 aliphatic carbocycles. The van der Waals surface area contributed by atoms with Gasteiger partial charge in [-0.3, -0.25) is 0 Å². The topological polar surface area (TPSA) is 61.8 Å². The molecule has 3 rings (SSSR count). The number of aliphatic hydroxyl groups is 1. The standard InChI is InChI=1S/C15H9Cl2N3OS/c1-20-11-5-3-2-4-10(11)19-15(20)9(7-18)13(21)8-6-12(16)22-14(8)17/h2-6,21H,1H3/b13-9-. The van der Waals surface area contributed by atoms with Crippen LogP contribution in [0.5, 0.6) is 0 Å². The van der Waals surface area contributed by atoms with E-state index in [2.05, 4.69) is 4.98 Å². The van der Waals surface area contributed by atoms with E-state index in [0.29, 0.717) is 20.1 Å². The van der Waals surface area contributed by atoms with Crippen molar-refractivity contribution >= 4 is 56.9 Å². The van der Waals surface area contributed by atoms with Crippen molar-refractivity contribution in [1.29, 1.82) is 5.26 Å². The highest BCUT2D eigenvalue weighted by Gasteiger charge is 2.20. The zero-order valence-electron chi connectivity index (χ0n) is 11.3. The van der Waals surface area contributed by atoms with Crippen molar-refractivity contribution in [2.75, 3.05) is 0 Å². The number of aliphatic hydroxyl groups excluding tert-OH is 1. The Morgan fingerprint density at radius 1 is 1.36 bits per heavy atom. The molecular weight excluding hydrogens is 341 g/mol. The molecule has 7 heteroatoms. The van der Waals surface area contributed by atoms with Gasteiger partial charge >= 0.3 is 0 Å². The molecule has 0 atom stereocenters. The molecule has 110 valence electrons. The molecule has 0 spiro atoms. The van der Waals surface area contributed by atoms with Gasteiger partial charge in [0.1, 0.15) is 21.7 Å². The van der Waals surface area contributed by atoms with E-state index in [0.717, 1.165) is 22.4 Å². The Bertz CT molecular complexity index is 949. The molecule has 22 heavy (non-hydrogen) atoms. The van der Waals surface area contributed by atoms with E-state index in [1.54, 1.807) is 11.6 Å². The monoisotopic (exact) mass is 349 g/mol. The normalized spacial score (nSPS) is 12.3. The number of para-hydroxylation sites is 2. The van der Waals surface area contributed by atoms with Crippen molar-refractivity contribution in [1.82, 2.24) is 9.55 Å². The number of rotatable bonds is 2. The summed E-state index contributed by atoms with van der Waals surface area (Å²) >= 11 is 13.1. The smallest absolute Gasteiger partial charge is 0.155 e. The number of fused-ring (bicyclic) bond motifs is 1. The molecule has 4 nitrogen and oxygen atoms in total. The van der Waals surface area contributed by atoms with E-state index < -0.39 is 0 Å². The summed E-state index contributed by atoms with van der Waals surface area (Å²) in [5.41, 5.74) is 2.00. The highest BCUT2D eigenvalue weighted by atomic mass is 35.5. The van der Waals surface area contributed by atoms with Gasteiger partial charge in [0.05, 0.1) is 15.4 Å². The number of nitriles is 1. The molecule has 3 aromatic rings. The van der Waals surface area contributed by atoms with Gasteiger partial charge in [-0.25, -0.2) is 4.98 Å². The molecule has 2 aromatic heterocycles. The van der Waals surface area contributed by atoms with Crippen molar-refractivity contribution in [2.45, 2.75) is 0 Å². The predicted octanol–water partition coefficient (Wildman–Crippen LogP) is 4.89. The van der Waals surface area contributed by atoms with Crippen LogP contribution in [0.2, 0.25) is 8.67 Å². The second-order valence-corrected chi connectivity index (χ2v) is 6.84. The van der Waals surface area contributed by atoms with Gasteiger partial charge in [0.15, 0.2) is 5.82 Å². The van der Waals surface area contributed by atoms with Crippen LogP contribution in [0.15, 0.2) is 30.3 Å². The Labute approximate surface area is 140 Å². The number of halogens is 2. The fraction of sp³-hybridized carbons (Fsp3) is 0.0667. The summed E-state index contributed by atoms with van der Waals surface area (Å²) in [5.74, 6) is 0.147. The average molecular weight is 350 g/mol. The quantitative estimate of drug-likeness (QED) is 0.529. The van der Waals surface area contributed by atoms with Gasteiger partial charge in [-0.2, -0.15) is 5.26 Å². The maximum absolute atomic E-state index is 10.4. The predicted molar refractivity (Wildman–Crippen MR) is 90.1 cm³/mol. The van der Waals surface area contributed by atoms with E-state index in [1.165, 1.54) is 6.07 Å². The molecule has 0 unspecified atom stereocenters. The summed E-state index contributed by atoms with van der Waals surface area (Å²) < 4.78 is 2.52. The number of aryl methyl sites for hydroxylation is 1. The highest BCUT2D eigenvalue weighted by Crippen LogP contribution is 2.37. The van der Waals surface area contributed by atoms with Crippen molar-refractivity contribution in [3.05, 3.63) is 50.4 Å². The van der Waals surface area contributed by atoms with Gasteiger partial charge in [0, 0.05) is 12.6 Å². The van der Waals surface area contributed by atoms with Crippen LogP contribution >= 0.6 is 34.5 Å². The number of aromatic nitrogens is 2. The van der Waals surface area contributed by atoms with Crippen molar-refractivity contribution in [3.8, 4) is 6.07 Å². The number of hydrogen-bond acceptors (Lipinski definition) is 4. The fourth-order valence-electron chi connectivity index (χ4n) is 2.21. The van der Waals surface area contributed by atoms with Gasteiger partial charge < -0.3 is 9.67 Å². The van der Waals surface area contributed by atoms with Crippen LogP contribution < -0.4 is 0 Å². The summed E-state index contributed by atoms with van der Waals surface area (Å²) in [4.78, 5) is 4.42. The lowest BCUT2D eigenvalue weighted by Gasteiger charge is -2.04. The summed E-state index contributed by atoms with van der Waals surface area (Å²) in [6.45, 7) is 0. The van der Waals surface area contributed by atoms with E-state index in [1.807, 2.05) is 30.3 Å². The number of nitrogens with zero attached hydrogens (tertiary/aromatic N) is 3. The van der Waals surface area contributed by atoms with Crippen molar-refractivity contribution in [3.63, 3.8) is 0 Å². The SMILES string of the molecule is Cn1c(/C(C#N)=C(\O)c2cc(Cl)sc2Cl)nc2ccccc21. The molecule has 1 aromatic carbocycles. The van der Waals surface area contributed by atoms with Crippen LogP contribution in [0.25, 0.3) is 22.4 Å². The zero-order valence-corrected chi connectivity index (χ0v) is 13.7. The van der Waals surface area contributed by atoms with E-state index >= 15 is 0 Å². The minimum absolute atomic E-state index is 0.0510. The minimum atomic E-state index is -0.228. The average Bonchev–Trinajstić information content (AvgIpc) is 3.01. The Balaban J connectivity index is 2.26. The first-order valence-corrected chi connectivity index (χ1v) is 7.80. The van der Waals surface area contributed by atoms with Crippen molar-refractivity contribution < 1.29 is 5.11 Å². The van der Waals surface area contributed by atoms with Crippen LogP contribution in [0, 0.1) is 11.3 Å². The Kier molecular flexibility index (Phi) is 3.83. The second kappa shape index (κ2) is 5.65. The van der Waals surface area contributed by atoms with Gasteiger partial charge in [0.2, 0.25) is 0 Å². The van der Waals surface area contributed by atoms with Gasteiger partial charge in [-0.1, -0.05) is 35.3 Å². The number of benzene rings is 1. The first kappa shape index (κ1) is 14.9. The lowest BCUT2D eigenvalue weighted by atomic mass is 10.1.